The van der Waals surface area contributed by atoms with Gasteiger partial charge in [0.15, 0.2) is 0 Å². The summed E-state index contributed by atoms with van der Waals surface area (Å²) in [4.78, 5) is 3.38. The van der Waals surface area contributed by atoms with Gasteiger partial charge < -0.3 is 15.4 Å². The zero-order valence-corrected chi connectivity index (χ0v) is 13.0. The molecule has 4 aromatic rings. The summed E-state index contributed by atoms with van der Waals surface area (Å²) in [6.45, 7) is 0. The summed E-state index contributed by atoms with van der Waals surface area (Å²) in [5, 5.41) is 15.2. The van der Waals surface area contributed by atoms with E-state index < -0.39 is 0 Å². The Morgan fingerprint density at radius 1 is 0.750 bits per heavy atom. The predicted molar refractivity (Wildman–Crippen MR) is 97.3 cm³/mol. The first-order valence-electron chi connectivity index (χ1n) is 8.07. The molecule has 0 aliphatic carbocycles. The standard InChI is InChI=1S/C21H16N2O/c24-19-11-4-2-7-15(19)21-16-12-22-18-10-5-8-14(20(16)18)13-6-1-3-9-17(13)23-21/h1-12,21-24H. The molecule has 0 saturated carbocycles. The first kappa shape index (κ1) is 13.3. The monoisotopic (exact) mass is 312 g/mol. The molecule has 0 spiro atoms. The Morgan fingerprint density at radius 2 is 1.54 bits per heavy atom. The number of aromatic amines is 1. The van der Waals surface area contributed by atoms with E-state index in [9.17, 15) is 5.11 Å². The molecule has 1 unspecified atom stereocenters. The molecule has 1 aromatic heterocycles. The molecular weight excluding hydrogens is 296 g/mol. The molecule has 0 amide bonds. The molecular formula is C21H16N2O. The SMILES string of the molecule is Oc1ccccc1C1Nc2ccccc2-c2cccc3[nH]cc1c23. The van der Waals surface area contributed by atoms with Crippen molar-refractivity contribution in [3.63, 3.8) is 0 Å². The van der Waals surface area contributed by atoms with Crippen molar-refractivity contribution in [2.75, 3.05) is 5.32 Å². The number of hydrogen-bond donors (Lipinski definition) is 3. The van der Waals surface area contributed by atoms with E-state index in [4.69, 9.17) is 0 Å². The van der Waals surface area contributed by atoms with Crippen LogP contribution in [0, 0.1) is 0 Å². The van der Waals surface area contributed by atoms with Crippen LogP contribution in [0.3, 0.4) is 0 Å². The number of benzene rings is 3. The van der Waals surface area contributed by atoms with Crippen molar-refractivity contribution in [3.05, 3.63) is 84.1 Å². The van der Waals surface area contributed by atoms with Crippen LogP contribution < -0.4 is 5.32 Å². The third-order valence-corrected chi connectivity index (χ3v) is 4.81. The average Bonchev–Trinajstić information content (AvgIpc) is 2.98. The summed E-state index contributed by atoms with van der Waals surface area (Å²) >= 11 is 0. The van der Waals surface area contributed by atoms with Crippen molar-refractivity contribution >= 4 is 16.6 Å². The first-order chi connectivity index (χ1) is 11.8. The van der Waals surface area contributed by atoms with Crippen molar-refractivity contribution in [1.82, 2.24) is 4.98 Å². The number of phenols is 1. The van der Waals surface area contributed by atoms with E-state index in [2.05, 4.69) is 46.7 Å². The van der Waals surface area contributed by atoms with Crippen molar-refractivity contribution in [2.45, 2.75) is 6.04 Å². The Balaban J connectivity index is 1.87. The van der Waals surface area contributed by atoms with Crippen LogP contribution in [0.4, 0.5) is 5.69 Å². The highest BCUT2D eigenvalue weighted by atomic mass is 16.3. The van der Waals surface area contributed by atoms with Gasteiger partial charge in [0.05, 0.1) is 6.04 Å². The molecule has 3 aromatic carbocycles. The zero-order valence-electron chi connectivity index (χ0n) is 13.0. The summed E-state index contributed by atoms with van der Waals surface area (Å²) in [6, 6.07) is 22.1. The van der Waals surface area contributed by atoms with E-state index in [-0.39, 0.29) is 6.04 Å². The van der Waals surface area contributed by atoms with Gasteiger partial charge in [0.1, 0.15) is 5.75 Å². The van der Waals surface area contributed by atoms with Crippen LogP contribution in [0.1, 0.15) is 17.2 Å². The number of aromatic nitrogens is 1. The van der Waals surface area contributed by atoms with E-state index in [1.807, 2.05) is 30.5 Å². The first-order valence-corrected chi connectivity index (χ1v) is 8.07. The van der Waals surface area contributed by atoms with Crippen LogP contribution >= 0.6 is 0 Å². The lowest BCUT2D eigenvalue weighted by molar-refractivity contribution is 0.466. The van der Waals surface area contributed by atoms with Gasteiger partial charge in [0, 0.05) is 39.5 Å². The second-order valence-electron chi connectivity index (χ2n) is 6.15. The van der Waals surface area contributed by atoms with Gasteiger partial charge in [0.2, 0.25) is 0 Å². The molecule has 116 valence electrons. The van der Waals surface area contributed by atoms with Gasteiger partial charge in [-0.2, -0.15) is 0 Å². The van der Waals surface area contributed by atoms with Gasteiger partial charge in [-0.05, 0) is 23.8 Å². The molecule has 2 heterocycles. The smallest absolute Gasteiger partial charge is 0.121 e. The largest absolute Gasteiger partial charge is 0.508 e. The fourth-order valence-corrected chi connectivity index (χ4v) is 3.72. The molecule has 0 bridgehead atoms. The minimum absolute atomic E-state index is 0.107. The summed E-state index contributed by atoms with van der Waals surface area (Å²) in [6.07, 6.45) is 2.05. The Morgan fingerprint density at radius 3 is 2.46 bits per heavy atom. The summed E-state index contributed by atoms with van der Waals surface area (Å²) in [7, 11) is 0. The lowest BCUT2D eigenvalue weighted by Gasteiger charge is -2.20. The average molecular weight is 312 g/mol. The molecule has 24 heavy (non-hydrogen) atoms. The molecule has 3 N–H and O–H groups in total. The molecule has 1 aliphatic heterocycles. The van der Waals surface area contributed by atoms with E-state index in [1.54, 1.807) is 6.07 Å². The van der Waals surface area contributed by atoms with E-state index >= 15 is 0 Å². The second-order valence-corrected chi connectivity index (χ2v) is 6.15. The van der Waals surface area contributed by atoms with Crippen LogP contribution in [-0.2, 0) is 0 Å². The number of para-hydroxylation sites is 2. The molecule has 1 aliphatic rings. The van der Waals surface area contributed by atoms with E-state index in [1.165, 1.54) is 16.5 Å². The predicted octanol–water partition coefficient (Wildman–Crippen LogP) is 5.06. The van der Waals surface area contributed by atoms with Crippen LogP contribution in [0.15, 0.2) is 72.9 Å². The van der Waals surface area contributed by atoms with Crippen molar-refractivity contribution < 1.29 is 5.11 Å². The van der Waals surface area contributed by atoms with Crippen molar-refractivity contribution in [3.8, 4) is 16.9 Å². The molecule has 3 nitrogen and oxygen atoms in total. The maximum absolute atomic E-state index is 10.4. The number of rotatable bonds is 1. The zero-order chi connectivity index (χ0) is 16.1. The number of phenolic OH excluding ortho intramolecular Hbond substituents is 1. The summed E-state index contributed by atoms with van der Waals surface area (Å²) in [5.74, 6) is 0.307. The Labute approximate surface area is 139 Å². The fourth-order valence-electron chi connectivity index (χ4n) is 3.72. The summed E-state index contributed by atoms with van der Waals surface area (Å²) in [5.41, 5.74) is 6.62. The number of anilines is 1. The summed E-state index contributed by atoms with van der Waals surface area (Å²) < 4.78 is 0. The van der Waals surface area contributed by atoms with Crippen LogP contribution in [0.2, 0.25) is 0 Å². The third kappa shape index (κ3) is 1.78. The van der Waals surface area contributed by atoms with Gasteiger partial charge in [0.25, 0.3) is 0 Å². The quantitative estimate of drug-likeness (QED) is 0.460. The maximum Gasteiger partial charge on any atom is 0.121 e. The Bertz CT molecular complexity index is 1060. The highest BCUT2D eigenvalue weighted by molar-refractivity contribution is 6.02. The van der Waals surface area contributed by atoms with E-state index in [0.29, 0.717) is 5.75 Å². The third-order valence-electron chi connectivity index (χ3n) is 4.81. The van der Waals surface area contributed by atoms with Gasteiger partial charge in [-0.1, -0.05) is 48.5 Å². The van der Waals surface area contributed by atoms with Gasteiger partial charge in [-0.25, -0.2) is 0 Å². The fraction of sp³-hybridized carbons (Fsp3) is 0.0476. The normalized spacial score (nSPS) is 15.6. The Hall–Kier alpha value is -3.20. The minimum Gasteiger partial charge on any atom is -0.508 e. The number of aromatic hydroxyl groups is 1. The van der Waals surface area contributed by atoms with Crippen molar-refractivity contribution in [1.29, 1.82) is 0 Å². The molecule has 0 fully saturated rings. The number of H-pyrrole nitrogens is 1. The highest BCUT2D eigenvalue weighted by Gasteiger charge is 2.26. The molecule has 3 heteroatoms. The molecule has 0 radical (unpaired) electrons. The number of nitrogens with one attached hydrogen (secondary N) is 2. The number of hydrogen-bond acceptors (Lipinski definition) is 2. The lowest BCUT2D eigenvalue weighted by atomic mass is 9.95. The lowest BCUT2D eigenvalue weighted by Crippen LogP contribution is -2.11. The molecule has 5 rings (SSSR count). The topological polar surface area (TPSA) is 48.0 Å². The second kappa shape index (κ2) is 4.90. The van der Waals surface area contributed by atoms with E-state index in [0.717, 1.165) is 22.3 Å². The van der Waals surface area contributed by atoms with Crippen LogP contribution in [0.25, 0.3) is 22.0 Å². The van der Waals surface area contributed by atoms with Gasteiger partial charge >= 0.3 is 0 Å². The van der Waals surface area contributed by atoms with Crippen LogP contribution in [0.5, 0.6) is 5.75 Å². The molecule has 0 saturated heterocycles. The van der Waals surface area contributed by atoms with Gasteiger partial charge in [-0.3, -0.25) is 0 Å². The maximum atomic E-state index is 10.4. The highest BCUT2D eigenvalue weighted by Crippen LogP contribution is 2.45. The van der Waals surface area contributed by atoms with Crippen molar-refractivity contribution in [2.24, 2.45) is 0 Å². The minimum atomic E-state index is -0.107. The van der Waals surface area contributed by atoms with Crippen LogP contribution in [-0.4, -0.2) is 10.1 Å². The number of fused-ring (bicyclic) bond motifs is 2. The molecule has 1 atom stereocenters. The van der Waals surface area contributed by atoms with Gasteiger partial charge in [-0.15, -0.1) is 0 Å². The Kier molecular flexibility index (Phi) is 2.71.